The molecule has 8 heteroatoms. The van der Waals surface area contributed by atoms with Crippen molar-refractivity contribution in [2.45, 2.75) is 37.5 Å². The van der Waals surface area contributed by atoms with Crippen LogP contribution in [0.3, 0.4) is 0 Å². The Kier molecular flexibility index (Phi) is 8.41. The van der Waals surface area contributed by atoms with Crippen LogP contribution in [-0.4, -0.2) is 51.4 Å². The Bertz CT molecular complexity index is 998. The van der Waals surface area contributed by atoms with E-state index in [2.05, 4.69) is 16.9 Å². The van der Waals surface area contributed by atoms with Gasteiger partial charge < -0.3 is 9.64 Å². The number of likely N-dealkylation sites (tertiary alicyclic amines) is 1. The maximum Gasteiger partial charge on any atom is 0.307 e. The molecule has 1 aliphatic rings. The minimum Gasteiger partial charge on any atom is -0.456 e. The number of ether oxygens (including phenoxy) is 1. The summed E-state index contributed by atoms with van der Waals surface area (Å²) in [7, 11) is -3.68. The molecule has 1 N–H and O–H groups in total. The van der Waals surface area contributed by atoms with Crippen molar-refractivity contribution in [3.8, 4) is 0 Å². The van der Waals surface area contributed by atoms with E-state index in [0.717, 1.165) is 24.8 Å². The molecule has 0 atom stereocenters. The van der Waals surface area contributed by atoms with E-state index in [-0.39, 0.29) is 30.4 Å². The molecule has 1 aliphatic heterocycles. The van der Waals surface area contributed by atoms with Crippen molar-refractivity contribution in [2.24, 2.45) is 5.92 Å². The number of nitrogens with one attached hydrogen (secondary N) is 1. The van der Waals surface area contributed by atoms with Gasteiger partial charge in [-0.1, -0.05) is 48.0 Å². The summed E-state index contributed by atoms with van der Waals surface area (Å²) in [6.45, 7) is 2.78. The van der Waals surface area contributed by atoms with Gasteiger partial charge in [0.05, 0.1) is 11.3 Å². The third-order valence-corrected chi connectivity index (χ3v) is 7.12. The maximum atomic E-state index is 12.4. The lowest BCUT2D eigenvalue weighted by molar-refractivity contribution is -0.152. The molecule has 0 bridgehead atoms. The third-order valence-electron chi connectivity index (χ3n) is 5.64. The van der Waals surface area contributed by atoms with Gasteiger partial charge in [0.1, 0.15) is 0 Å². The van der Waals surface area contributed by atoms with E-state index in [0.29, 0.717) is 19.0 Å². The zero-order chi connectivity index (χ0) is 23.0. The minimum absolute atomic E-state index is 0.0892. The van der Waals surface area contributed by atoms with Gasteiger partial charge >= 0.3 is 5.97 Å². The number of carbonyl (C=O) groups excluding carboxylic acids is 2. The monoisotopic (exact) mass is 458 g/mol. The molecule has 2 aromatic carbocycles. The molecular formula is C24H30N2O5S. The number of hydrogen-bond donors (Lipinski definition) is 1. The Morgan fingerprint density at radius 2 is 1.69 bits per heavy atom. The van der Waals surface area contributed by atoms with E-state index >= 15 is 0 Å². The molecule has 1 amide bonds. The normalized spacial score (nSPS) is 14.8. The van der Waals surface area contributed by atoms with E-state index in [9.17, 15) is 18.0 Å². The second-order valence-electron chi connectivity index (χ2n) is 8.14. The predicted molar refractivity (Wildman–Crippen MR) is 121 cm³/mol. The van der Waals surface area contributed by atoms with Crippen molar-refractivity contribution in [3.63, 3.8) is 0 Å². The average molecular weight is 459 g/mol. The Hall–Kier alpha value is -2.71. The summed E-state index contributed by atoms with van der Waals surface area (Å²) in [6.07, 6.45) is 2.72. The van der Waals surface area contributed by atoms with Crippen molar-refractivity contribution >= 4 is 21.9 Å². The van der Waals surface area contributed by atoms with Crippen LogP contribution in [0.5, 0.6) is 0 Å². The van der Waals surface area contributed by atoms with Gasteiger partial charge in [-0.05, 0) is 49.8 Å². The molecule has 172 valence electrons. The number of nitrogens with zero attached hydrogens (tertiary/aromatic N) is 1. The summed E-state index contributed by atoms with van der Waals surface area (Å²) in [5.41, 5.74) is 2.27. The van der Waals surface area contributed by atoms with Crippen LogP contribution >= 0.6 is 0 Å². The number of esters is 1. The fraction of sp³-hybridized carbons (Fsp3) is 0.417. The minimum atomic E-state index is -3.68. The van der Waals surface area contributed by atoms with Gasteiger partial charge in [0.15, 0.2) is 6.61 Å². The van der Waals surface area contributed by atoms with Crippen LogP contribution in [0.4, 0.5) is 0 Å². The lowest BCUT2D eigenvalue weighted by Gasteiger charge is -2.32. The third kappa shape index (κ3) is 7.17. The molecule has 7 nitrogen and oxygen atoms in total. The lowest BCUT2D eigenvalue weighted by atomic mass is 9.90. The van der Waals surface area contributed by atoms with Crippen LogP contribution in [-0.2, 0) is 30.8 Å². The number of benzene rings is 2. The Balaban J connectivity index is 1.33. The predicted octanol–water partition coefficient (Wildman–Crippen LogP) is 2.69. The second-order valence-corrected chi connectivity index (χ2v) is 9.90. The first-order valence-electron chi connectivity index (χ1n) is 10.9. The highest BCUT2D eigenvalue weighted by Gasteiger charge is 2.23. The van der Waals surface area contributed by atoms with Crippen molar-refractivity contribution < 1.29 is 22.7 Å². The van der Waals surface area contributed by atoms with E-state index in [1.54, 1.807) is 17.0 Å². The van der Waals surface area contributed by atoms with Gasteiger partial charge in [-0.2, -0.15) is 0 Å². The van der Waals surface area contributed by atoms with Gasteiger partial charge in [-0.3, -0.25) is 9.59 Å². The van der Waals surface area contributed by atoms with Crippen LogP contribution < -0.4 is 4.72 Å². The SMILES string of the molecule is Cc1ccc(S(=O)(=O)NCCC(=O)OCC(=O)N2CCC(Cc3ccccc3)CC2)cc1. The molecule has 32 heavy (non-hydrogen) atoms. The van der Waals surface area contributed by atoms with Crippen LogP contribution in [0.2, 0.25) is 0 Å². The highest BCUT2D eigenvalue weighted by atomic mass is 32.2. The number of rotatable bonds is 9. The molecule has 1 heterocycles. The number of piperidine rings is 1. The molecule has 3 rings (SSSR count). The molecule has 0 radical (unpaired) electrons. The quantitative estimate of drug-likeness (QED) is 0.583. The first-order valence-corrected chi connectivity index (χ1v) is 12.4. The van der Waals surface area contributed by atoms with Crippen LogP contribution in [0.1, 0.15) is 30.4 Å². The van der Waals surface area contributed by atoms with Gasteiger partial charge in [0.25, 0.3) is 5.91 Å². The summed E-state index contributed by atoms with van der Waals surface area (Å²) in [5.74, 6) is -0.272. The highest BCUT2D eigenvalue weighted by molar-refractivity contribution is 7.89. The summed E-state index contributed by atoms with van der Waals surface area (Å²) in [6, 6.07) is 16.8. The van der Waals surface area contributed by atoms with Crippen molar-refractivity contribution in [1.82, 2.24) is 9.62 Å². The molecule has 1 fully saturated rings. The van der Waals surface area contributed by atoms with Crippen molar-refractivity contribution in [1.29, 1.82) is 0 Å². The van der Waals surface area contributed by atoms with Gasteiger partial charge in [-0.15, -0.1) is 0 Å². The zero-order valence-electron chi connectivity index (χ0n) is 18.3. The Morgan fingerprint density at radius 1 is 1.03 bits per heavy atom. The van der Waals surface area contributed by atoms with Gasteiger partial charge in [-0.25, -0.2) is 13.1 Å². The van der Waals surface area contributed by atoms with E-state index < -0.39 is 16.0 Å². The van der Waals surface area contributed by atoms with Crippen molar-refractivity contribution in [2.75, 3.05) is 26.2 Å². The fourth-order valence-electron chi connectivity index (χ4n) is 3.73. The summed E-state index contributed by atoms with van der Waals surface area (Å²) < 4.78 is 31.9. The topological polar surface area (TPSA) is 92.8 Å². The molecule has 0 spiro atoms. The molecule has 0 aromatic heterocycles. The average Bonchev–Trinajstić information content (AvgIpc) is 2.79. The first kappa shape index (κ1) is 23.9. The van der Waals surface area contributed by atoms with E-state index in [1.807, 2.05) is 25.1 Å². The summed E-state index contributed by atoms with van der Waals surface area (Å²) in [5, 5.41) is 0. The number of aryl methyl sites for hydroxylation is 1. The Labute approximate surface area is 189 Å². The standard InChI is InChI=1S/C24H30N2O5S/c1-19-7-9-22(10-8-19)32(29,30)25-14-11-24(28)31-18-23(27)26-15-12-21(13-16-26)17-20-5-3-2-4-6-20/h2-10,21,25H,11-18H2,1H3. The van der Waals surface area contributed by atoms with Crippen molar-refractivity contribution in [3.05, 3.63) is 65.7 Å². The highest BCUT2D eigenvalue weighted by Crippen LogP contribution is 2.21. The zero-order valence-corrected chi connectivity index (χ0v) is 19.1. The number of sulfonamides is 1. The largest absolute Gasteiger partial charge is 0.456 e. The first-order chi connectivity index (χ1) is 15.3. The summed E-state index contributed by atoms with van der Waals surface area (Å²) >= 11 is 0. The molecular weight excluding hydrogens is 428 g/mol. The van der Waals surface area contributed by atoms with Gasteiger partial charge in [0.2, 0.25) is 10.0 Å². The number of carbonyl (C=O) groups is 2. The molecule has 1 saturated heterocycles. The van der Waals surface area contributed by atoms with Gasteiger partial charge in [0, 0.05) is 19.6 Å². The molecule has 0 unspecified atom stereocenters. The maximum absolute atomic E-state index is 12.4. The second kappa shape index (κ2) is 11.2. The van der Waals surface area contributed by atoms with E-state index in [4.69, 9.17) is 4.74 Å². The number of hydrogen-bond acceptors (Lipinski definition) is 5. The summed E-state index contributed by atoms with van der Waals surface area (Å²) in [4.78, 5) is 26.1. The van der Waals surface area contributed by atoms with Crippen LogP contribution in [0.15, 0.2) is 59.5 Å². The number of amides is 1. The molecule has 0 aliphatic carbocycles. The fourth-order valence-corrected chi connectivity index (χ4v) is 4.76. The lowest BCUT2D eigenvalue weighted by Crippen LogP contribution is -2.41. The van der Waals surface area contributed by atoms with Crippen LogP contribution in [0, 0.1) is 12.8 Å². The van der Waals surface area contributed by atoms with Crippen LogP contribution in [0.25, 0.3) is 0 Å². The van der Waals surface area contributed by atoms with E-state index in [1.165, 1.54) is 17.7 Å². The Morgan fingerprint density at radius 3 is 2.34 bits per heavy atom. The smallest absolute Gasteiger partial charge is 0.307 e. The molecule has 0 saturated carbocycles. The molecule has 2 aromatic rings.